The van der Waals surface area contributed by atoms with Gasteiger partial charge in [-0.2, -0.15) is 0 Å². The Kier molecular flexibility index (Phi) is 4.53. The predicted molar refractivity (Wildman–Crippen MR) is 77.7 cm³/mol. The molecule has 2 aromatic carbocycles. The van der Waals surface area contributed by atoms with Gasteiger partial charge < -0.3 is 10.6 Å². The summed E-state index contributed by atoms with van der Waals surface area (Å²) < 4.78 is 13.8. The molecular weight excluding hydrogens is 239 g/mol. The molecule has 19 heavy (non-hydrogen) atoms. The zero-order valence-electron chi connectivity index (χ0n) is 11.1. The van der Waals surface area contributed by atoms with Crippen molar-refractivity contribution in [1.29, 1.82) is 0 Å². The molecule has 2 N–H and O–H groups in total. The highest BCUT2D eigenvalue weighted by molar-refractivity contribution is 5.48. The molecule has 0 spiro atoms. The number of hydrogen-bond acceptors (Lipinski definition) is 2. The van der Waals surface area contributed by atoms with Gasteiger partial charge in [-0.1, -0.05) is 42.0 Å². The molecule has 0 aromatic heterocycles. The van der Waals surface area contributed by atoms with Crippen LogP contribution in [0.5, 0.6) is 0 Å². The van der Waals surface area contributed by atoms with E-state index >= 15 is 0 Å². The van der Waals surface area contributed by atoms with Crippen LogP contribution in [0.15, 0.2) is 48.5 Å². The lowest BCUT2D eigenvalue weighted by Gasteiger charge is -2.24. The highest BCUT2D eigenvalue weighted by Crippen LogP contribution is 2.20. The fourth-order valence-electron chi connectivity index (χ4n) is 2.06. The molecule has 0 aliphatic heterocycles. The summed E-state index contributed by atoms with van der Waals surface area (Å²) in [6.07, 6.45) is 0. The zero-order valence-corrected chi connectivity index (χ0v) is 11.1. The molecule has 100 valence electrons. The fourth-order valence-corrected chi connectivity index (χ4v) is 2.06. The first-order valence-corrected chi connectivity index (χ1v) is 6.46. The van der Waals surface area contributed by atoms with Crippen molar-refractivity contribution in [3.8, 4) is 0 Å². The molecule has 0 radical (unpaired) electrons. The van der Waals surface area contributed by atoms with Crippen molar-refractivity contribution < 1.29 is 4.39 Å². The normalized spacial score (nSPS) is 10.5. The summed E-state index contributed by atoms with van der Waals surface area (Å²) >= 11 is 0. The van der Waals surface area contributed by atoms with Gasteiger partial charge in [0.15, 0.2) is 0 Å². The molecular formula is C16H19FN2. The molecule has 0 bridgehead atoms. The zero-order chi connectivity index (χ0) is 13.7. The van der Waals surface area contributed by atoms with Gasteiger partial charge in [0.1, 0.15) is 5.82 Å². The number of nitrogens with zero attached hydrogens (tertiary/aromatic N) is 1. The second kappa shape index (κ2) is 6.34. The van der Waals surface area contributed by atoms with E-state index in [0.717, 1.165) is 5.56 Å². The number of para-hydroxylation sites is 1. The van der Waals surface area contributed by atoms with E-state index in [1.54, 1.807) is 12.1 Å². The quantitative estimate of drug-likeness (QED) is 0.893. The summed E-state index contributed by atoms with van der Waals surface area (Å²) in [5.41, 5.74) is 8.61. The van der Waals surface area contributed by atoms with Crippen molar-refractivity contribution >= 4 is 5.69 Å². The molecule has 0 unspecified atom stereocenters. The molecule has 3 heteroatoms. The van der Waals surface area contributed by atoms with E-state index < -0.39 is 0 Å². The SMILES string of the molecule is Cc1ccc(CN(CCN)c2ccccc2F)cc1. The molecule has 0 fully saturated rings. The van der Waals surface area contributed by atoms with Gasteiger partial charge in [0.05, 0.1) is 5.69 Å². The number of benzene rings is 2. The summed E-state index contributed by atoms with van der Waals surface area (Å²) in [4.78, 5) is 1.97. The first kappa shape index (κ1) is 13.6. The summed E-state index contributed by atoms with van der Waals surface area (Å²) in [7, 11) is 0. The third-order valence-electron chi connectivity index (χ3n) is 3.09. The van der Waals surface area contributed by atoms with Gasteiger partial charge in [-0.05, 0) is 24.6 Å². The van der Waals surface area contributed by atoms with Crippen molar-refractivity contribution in [3.05, 3.63) is 65.5 Å². The first-order chi connectivity index (χ1) is 9.20. The highest BCUT2D eigenvalue weighted by Gasteiger charge is 2.10. The van der Waals surface area contributed by atoms with Crippen molar-refractivity contribution in [2.24, 2.45) is 5.73 Å². The van der Waals surface area contributed by atoms with Gasteiger partial charge in [-0.3, -0.25) is 0 Å². The van der Waals surface area contributed by atoms with Crippen LogP contribution in [0, 0.1) is 12.7 Å². The molecule has 0 aliphatic rings. The van der Waals surface area contributed by atoms with E-state index in [-0.39, 0.29) is 5.82 Å². The fraction of sp³-hybridized carbons (Fsp3) is 0.250. The smallest absolute Gasteiger partial charge is 0.146 e. The summed E-state index contributed by atoms with van der Waals surface area (Å²) in [5.74, 6) is -0.205. The second-order valence-electron chi connectivity index (χ2n) is 4.65. The summed E-state index contributed by atoms with van der Waals surface area (Å²) in [6, 6.07) is 15.1. The lowest BCUT2D eigenvalue weighted by Crippen LogP contribution is -2.29. The minimum Gasteiger partial charge on any atom is -0.364 e. The minimum atomic E-state index is -0.205. The van der Waals surface area contributed by atoms with Crippen LogP contribution >= 0.6 is 0 Å². The van der Waals surface area contributed by atoms with Gasteiger partial charge in [0.2, 0.25) is 0 Å². The van der Waals surface area contributed by atoms with Gasteiger partial charge in [0, 0.05) is 19.6 Å². The van der Waals surface area contributed by atoms with Crippen LogP contribution in [0.4, 0.5) is 10.1 Å². The molecule has 0 amide bonds. The number of hydrogen-bond donors (Lipinski definition) is 1. The van der Waals surface area contributed by atoms with Crippen LogP contribution in [0.25, 0.3) is 0 Å². The maximum Gasteiger partial charge on any atom is 0.146 e. The van der Waals surface area contributed by atoms with E-state index in [0.29, 0.717) is 25.3 Å². The maximum absolute atomic E-state index is 13.8. The van der Waals surface area contributed by atoms with E-state index in [4.69, 9.17) is 5.73 Å². The van der Waals surface area contributed by atoms with Crippen LogP contribution in [-0.4, -0.2) is 13.1 Å². The van der Waals surface area contributed by atoms with Crippen molar-refractivity contribution in [1.82, 2.24) is 0 Å². The number of nitrogens with two attached hydrogens (primary N) is 1. The Bertz CT molecular complexity index is 523. The second-order valence-corrected chi connectivity index (χ2v) is 4.65. The van der Waals surface area contributed by atoms with Gasteiger partial charge in [-0.15, -0.1) is 0 Å². The third kappa shape index (κ3) is 3.55. The van der Waals surface area contributed by atoms with Gasteiger partial charge in [0.25, 0.3) is 0 Å². The van der Waals surface area contributed by atoms with Gasteiger partial charge >= 0.3 is 0 Å². The maximum atomic E-state index is 13.8. The molecule has 2 aromatic rings. The van der Waals surface area contributed by atoms with Crippen LogP contribution in [0.1, 0.15) is 11.1 Å². The van der Waals surface area contributed by atoms with E-state index in [1.165, 1.54) is 11.6 Å². The lowest BCUT2D eigenvalue weighted by molar-refractivity contribution is 0.616. The highest BCUT2D eigenvalue weighted by atomic mass is 19.1. The minimum absolute atomic E-state index is 0.205. The summed E-state index contributed by atoms with van der Waals surface area (Å²) in [5, 5.41) is 0. The Morgan fingerprint density at radius 2 is 1.74 bits per heavy atom. The number of rotatable bonds is 5. The van der Waals surface area contributed by atoms with Gasteiger partial charge in [-0.25, -0.2) is 4.39 Å². The third-order valence-corrected chi connectivity index (χ3v) is 3.09. The predicted octanol–water partition coefficient (Wildman–Crippen LogP) is 3.10. The molecule has 0 aliphatic carbocycles. The van der Waals surface area contributed by atoms with E-state index in [2.05, 4.69) is 31.2 Å². The standard InChI is InChI=1S/C16H19FN2/c1-13-6-8-14(9-7-13)12-19(11-10-18)16-5-3-2-4-15(16)17/h2-9H,10-12,18H2,1H3. The number of aryl methyl sites for hydroxylation is 1. The Morgan fingerprint density at radius 3 is 2.37 bits per heavy atom. The average molecular weight is 258 g/mol. The Hall–Kier alpha value is -1.87. The molecule has 2 rings (SSSR count). The van der Waals surface area contributed by atoms with Crippen LogP contribution in [0.2, 0.25) is 0 Å². The number of halogens is 1. The van der Waals surface area contributed by atoms with E-state index in [9.17, 15) is 4.39 Å². The first-order valence-electron chi connectivity index (χ1n) is 6.46. The van der Waals surface area contributed by atoms with Crippen molar-refractivity contribution in [2.75, 3.05) is 18.0 Å². The molecule has 0 atom stereocenters. The lowest BCUT2D eigenvalue weighted by atomic mass is 10.1. The topological polar surface area (TPSA) is 29.3 Å². The monoisotopic (exact) mass is 258 g/mol. The summed E-state index contributed by atoms with van der Waals surface area (Å²) in [6.45, 7) is 3.85. The van der Waals surface area contributed by atoms with Crippen LogP contribution < -0.4 is 10.6 Å². The molecule has 0 saturated carbocycles. The van der Waals surface area contributed by atoms with Crippen LogP contribution in [-0.2, 0) is 6.54 Å². The van der Waals surface area contributed by atoms with Crippen molar-refractivity contribution in [3.63, 3.8) is 0 Å². The Balaban J connectivity index is 2.21. The van der Waals surface area contributed by atoms with Crippen LogP contribution in [0.3, 0.4) is 0 Å². The Morgan fingerprint density at radius 1 is 1.05 bits per heavy atom. The van der Waals surface area contributed by atoms with Crippen molar-refractivity contribution in [2.45, 2.75) is 13.5 Å². The largest absolute Gasteiger partial charge is 0.364 e. The molecule has 0 heterocycles. The van der Waals surface area contributed by atoms with E-state index in [1.807, 2.05) is 11.0 Å². The Labute approximate surface area is 113 Å². The number of anilines is 1. The average Bonchev–Trinajstić information content (AvgIpc) is 2.41. The molecule has 0 saturated heterocycles. The molecule has 2 nitrogen and oxygen atoms in total.